The van der Waals surface area contributed by atoms with Crippen molar-refractivity contribution in [2.45, 2.75) is 43.9 Å². The van der Waals surface area contributed by atoms with E-state index >= 15 is 0 Å². The SMILES string of the molecule is CSC1CCCC(NC(=O)c2cc(N)cc(C)c2F)C1. The first kappa shape index (κ1) is 15.2. The van der Waals surface area contributed by atoms with E-state index < -0.39 is 5.82 Å². The predicted molar refractivity (Wildman–Crippen MR) is 82.6 cm³/mol. The van der Waals surface area contributed by atoms with Gasteiger partial charge in [-0.25, -0.2) is 4.39 Å². The largest absolute Gasteiger partial charge is 0.399 e. The number of thioether (sulfide) groups is 1. The Morgan fingerprint density at radius 1 is 1.45 bits per heavy atom. The van der Waals surface area contributed by atoms with Gasteiger partial charge in [-0.15, -0.1) is 0 Å². The van der Waals surface area contributed by atoms with Crippen LogP contribution in [0.4, 0.5) is 10.1 Å². The van der Waals surface area contributed by atoms with Crippen LogP contribution in [0, 0.1) is 12.7 Å². The predicted octanol–water partition coefficient (Wildman–Crippen LogP) is 3.12. The lowest BCUT2D eigenvalue weighted by Crippen LogP contribution is -2.39. The topological polar surface area (TPSA) is 55.1 Å². The van der Waals surface area contributed by atoms with Gasteiger partial charge in [-0.1, -0.05) is 6.42 Å². The molecule has 1 aromatic rings. The molecule has 0 aromatic heterocycles. The zero-order chi connectivity index (χ0) is 14.7. The highest BCUT2D eigenvalue weighted by Gasteiger charge is 2.24. The van der Waals surface area contributed by atoms with Crippen LogP contribution in [-0.2, 0) is 0 Å². The molecule has 2 rings (SSSR count). The molecule has 1 saturated carbocycles. The van der Waals surface area contributed by atoms with Crippen LogP contribution >= 0.6 is 11.8 Å². The smallest absolute Gasteiger partial charge is 0.254 e. The minimum Gasteiger partial charge on any atom is -0.399 e. The van der Waals surface area contributed by atoms with Gasteiger partial charge >= 0.3 is 0 Å². The van der Waals surface area contributed by atoms with E-state index in [1.807, 2.05) is 11.8 Å². The van der Waals surface area contributed by atoms with E-state index in [-0.39, 0.29) is 17.5 Å². The van der Waals surface area contributed by atoms with Gasteiger partial charge < -0.3 is 11.1 Å². The summed E-state index contributed by atoms with van der Waals surface area (Å²) in [6, 6.07) is 3.08. The van der Waals surface area contributed by atoms with Crippen molar-refractivity contribution in [2.75, 3.05) is 12.0 Å². The summed E-state index contributed by atoms with van der Waals surface area (Å²) >= 11 is 1.84. The molecule has 2 unspecified atom stereocenters. The van der Waals surface area contributed by atoms with E-state index in [4.69, 9.17) is 5.73 Å². The van der Waals surface area contributed by atoms with Crippen LogP contribution in [0.5, 0.6) is 0 Å². The van der Waals surface area contributed by atoms with Crippen LogP contribution in [-0.4, -0.2) is 23.5 Å². The maximum atomic E-state index is 14.0. The third kappa shape index (κ3) is 3.45. The number of nitrogens with two attached hydrogens (primary N) is 1. The second-order valence-corrected chi connectivity index (χ2v) is 6.53. The van der Waals surface area contributed by atoms with Gasteiger partial charge in [0.05, 0.1) is 5.56 Å². The first-order valence-corrected chi connectivity index (χ1v) is 8.19. The molecule has 2 atom stereocenters. The Morgan fingerprint density at radius 3 is 2.90 bits per heavy atom. The van der Waals surface area contributed by atoms with Crippen LogP contribution in [0.3, 0.4) is 0 Å². The Morgan fingerprint density at radius 2 is 2.20 bits per heavy atom. The molecule has 0 saturated heterocycles. The van der Waals surface area contributed by atoms with Crippen molar-refractivity contribution in [2.24, 2.45) is 0 Å². The fraction of sp³-hybridized carbons (Fsp3) is 0.533. The van der Waals surface area contributed by atoms with Gasteiger partial charge in [0.15, 0.2) is 0 Å². The number of rotatable bonds is 3. The summed E-state index contributed by atoms with van der Waals surface area (Å²) < 4.78 is 14.0. The van der Waals surface area contributed by atoms with Crippen LogP contribution in [0.15, 0.2) is 12.1 Å². The Balaban J connectivity index is 2.08. The summed E-state index contributed by atoms with van der Waals surface area (Å²) in [6.07, 6.45) is 6.31. The second kappa shape index (κ2) is 6.48. The zero-order valence-corrected chi connectivity index (χ0v) is 12.7. The Bertz CT molecular complexity index is 507. The highest BCUT2D eigenvalue weighted by molar-refractivity contribution is 7.99. The van der Waals surface area contributed by atoms with Gasteiger partial charge in [-0.2, -0.15) is 11.8 Å². The van der Waals surface area contributed by atoms with Crippen molar-refractivity contribution in [1.82, 2.24) is 5.32 Å². The van der Waals surface area contributed by atoms with Crippen molar-refractivity contribution in [3.8, 4) is 0 Å². The quantitative estimate of drug-likeness (QED) is 0.843. The third-order valence-electron chi connectivity index (χ3n) is 3.82. The molecule has 1 amide bonds. The standard InChI is InChI=1S/C15H21FN2OS/c1-9-6-10(17)7-13(14(9)16)15(19)18-11-4-3-5-12(8-11)20-2/h6-7,11-12H,3-5,8,17H2,1-2H3,(H,18,19). The van der Waals surface area contributed by atoms with Gasteiger partial charge in [0.2, 0.25) is 0 Å². The molecule has 0 heterocycles. The number of halogens is 1. The number of aryl methyl sites for hydroxylation is 1. The van der Waals surface area contributed by atoms with Crippen LogP contribution in [0.25, 0.3) is 0 Å². The number of hydrogen-bond donors (Lipinski definition) is 2. The van der Waals surface area contributed by atoms with E-state index in [9.17, 15) is 9.18 Å². The monoisotopic (exact) mass is 296 g/mol. The lowest BCUT2D eigenvalue weighted by molar-refractivity contribution is 0.0924. The minimum absolute atomic E-state index is 0.0498. The molecule has 0 spiro atoms. The average molecular weight is 296 g/mol. The lowest BCUT2D eigenvalue weighted by Gasteiger charge is -2.28. The van der Waals surface area contributed by atoms with Crippen LogP contribution < -0.4 is 11.1 Å². The van der Waals surface area contributed by atoms with Gasteiger partial charge in [0, 0.05) is 17.0 Å². The first-order valence-electron chi connectivity index (χ1n) is 6.90. The highest BCUT2D eigenvalue weighted by Crippen LogP contribution is 2.27. The second-order valence-electron chi connectivity index (χ2n) is 5.39. The summed E-state index contributed by atoms with van der Waals surface area (Å²) in [7, 11) is 0. The van der Waals surface area contributed by atoms with E-state index in [2.05, 4.69) is 11.6 Å². The van der Waals surface area contributed by atoms with Gasteiger partial charge in [-0.3, -0.25) is 4.79 Å². The first-order chi connectivity index (χ1) is 9.51. The molecular formula is C15H21FN2OS. The average Bonchev–Trinajstić information content (AvgIpc) is 2.43. The summed E-state index contributed by atoms with van der Waals surface area (Å²) in [6.45, 7) is 1.62. The lowest BCUT2D eigenvalue weighted by atomic mass is 9.94. The van der Waals surface area contributed by atoms with Crippen molar-refractivity contribution >= 4 is 23.4 Å². The molecule has 3 nitrogen and oxygen atoms in total. The van der Waals surface area contributed by atoms with Gasteiger partial charge in [-0.05, 0) is 50.1 Å². The molecule has 0 bridgehead atoms. The molecule has 5 heteroatoms. The Kier molecular flexibility index (Phi) is 4.91. The molecule has 110 valence electrons. The summed E-state index contributed by atoms with van der Waals surface area (Å²) in [5, 5.41) is 3.53. The number of hydrogen-bond acceptors (Lipinski definition) is 3. The molecule has 1 aliphatic rings. The molecule has 1 fully saturated rings. The molecule has 1 aliphatic carbocycles. The molecule has 20 heavy (non-hydrogen) atoms. The summed E-state index contributed by atoms with van der Waals surface area (Å²) in [5.74, 6) is -0.835. The van der Waals surface area contributed by atoms with Crippen molar-refractivity contribution in [1.29, 1.82) is 0 Å². The van der Waals surface area contributed by atoms with Crippen molar-refractivity contribution in [3.05, 3.63) is 29.1 Å². The van der Waals surface area contributed by atoms with E-state index in [0.29, 0.717) is 16.5 Å². The number of amides is 1. The Labute approximate surface area is 123 Å². The van der Waals surface area contributed by atoms with Crippen LogP contribution in [0.2, 0.25) is 0 Å². The van der Waals surface area contributed by atoms with E-state index in [0.717, 1.165) is 19.3 Å². The highest BCUT2D eigenvalue weighted by atomic mass is 32.2. The number of carbonyl (C=O) groups excluding carboxylic acids is 1. The maximum Gasteiger partial charge on any atom is 0.254 e. The third-order valence-corrected chi connectivity index (χ3v) is 4.91. The zero-order valence-electron chi connectivity index (χ0n) is 11.9. The normalized spacial score (nSPS) is 22.6. The molecule has 3 N–H and O–H groups in total. The molecule has 0 aliphatic heterocycles. The van der Waals surface area contributed by atoms with Crippen molar-refractivity contribution in [3.63, 3.8) is 0 Å². The molecular weight excluding hydrogens is 275 g/mol. The van der Waals surface area contributed by atoms with Crippen LogP contribution in [0.1, 0.15) is 41.6 Å². The fourth-order valence-corrected chi connectivity index (χ4v) is 3.54. The minimum atomic E-state index is -0.478. The van der Waals surface area contributed by atoms with Gasteiger partial charge in [0.1, 0.15) is 5.82 Å². The Hall–Kier alpha value is -1.23. The van der Waals surface area contributed by atoms with Gasteiger partial charge in [0.25, 0.3) is 5.91 Å². The molecule has 0 radical (unpaired) electrons. The number of nitrogens with one attached hydrogen (secondary N) is 1. The number of benzene rings is 1. The summed E-state index contributed by atoms with van der Waals surface area (Å²) in [5.41, 5.74) is 6.56. The molecule has 1 aromatic carbocycles. The maximum absolute atomic E-state index is 14.0. The number of carbonyl (C=O) groups is 1. The number of nitrogen functional groups attached to an aromatic ring is 1. The van der Waals surface area contributed by atoms with E-state index in [1.165, 1.54) is 18.6 Å². The number of anilines is 1. The van der Waals surface area contributed by atoms with E-state index in [1.54, 1.807) is 6.92 Å². The fourth-order valence-electron chi connectivity index (χ4n) is 2.72. The summed E-state index contributed by atoms with van der Waals surface area (Å²) in [4.78, 5) is 12.2. The van der Waals surface area contributed by atoms with Crippen molar-refractivity contribution < 1.29 is 9.18 Å².